The Hall–Kier alpha value is -2.80. The van der Waals surface area contributed by atoms with Crippen molar-refractivity contribution in [3.8, 4) is 28.4 Å². The predicted molar refractivity (Wildman–Crippen MR) is 115 cm³/mol. The SMILES string of the molecule is COC(=O)c1cc(-c2c(OC)cccc2OC)n(-c2ccc(Br)cc2C(C)C)n1. The van der Waals surface area contributed by atoms with Gasteiger partial charge in [0.05, 0.1) is 38.3 Å². The highest BCUT2D eigenvalue weighted by molar-refractivity contribution is 9.10. The lowest BCUT2D eigenvalue weighted by Crippen LogP contribution is -2.08. The lowest BCUT2D eigenvalue weighted by molar-refractivity contribution is 0.0593. The minimum Gasteiger partial charge on any atom is -0.496 e. The van der Waals surface area contributed by atoms with Crippen molar-refractivity contribution >= 4 is 21.9 Å². The third-order valence-corrected chi connectivity index (χ3v) is 5.12. The van der Waals surface area contributed by atoms with E-state index in [1.54, 1.807) is 25.0 Å². The molecule has 0 aliphatic rings. The van der Waals surface area contributed by atoms with Crippen molar-refractivity contribution in [3.05, 3.63) is 58.2 Å². The van der Waals surface area contributed by atoms with E-state index < -0.39 is 5.97 Å². The topological polar surface area (TPSA) is 62.6 Å². The van der Waals surface area contributed by atoms with E-state index >= 15 is 0 Å². The molecule has 0 amide bonds. The standard InChI is InChI=1S/C22H23BrN2O4/c1-13(2)15-11-14(23)9-10-17(15)25-18(12-16(24-25)22(26)29-5)21-19(27-3)7-6-8-20(21)28-4/h6-13H,1-5H3. The smallest absolute Gasteiger partial charge is 0.358 e. The molecule has 0 saturated carbocycles. The van der Waals surface area contributed by atoms with Crippen LogP contribution in [0.5, 0.6) is 11.5 Å². The number of ether oxygens (including phenoxy) is 3. The number of nitrogens with zero attached hydrogens (tertiary/aromatic N) is 2. The minimum absolute atomic E-state index is 0.202. The Bertz CT molecular complexity index is 1020. The quantitative estimate of drug-likeness (QED) is 0.473. The minimum atomic E-state index is -0.512. The van der Waals surface area contributed by atoms with Gasteiger partial charge in [-0.1, -0.05) is 35.8 Å². The molecular formula is C22H23BrN2O4. The first-order chi connectivity index (χ1) is 13.9. The zero-order valence-corrected chi connectivity index (χ0v) is 18.6. The number of rotatable bonds is 6. The van der Waals surface area contributed by atoms with Crippen molar-refractivity contribution in [2.75, 3.05) is 21.3 Å². The van der Waals surface area contributed by atoms with Crippen LogP contribution in [0, 0.1) is 0 Å². The van der Waals surface area contributed by atoms with Crippen LogP contribution in [-0.4, -0.2) is 37.1 Å². The van der Waals surface area contributed by atoms with Gasteiger partial charge in [-0.3, -0.25) is 0 Å². The van der Waals surface area contributed by atoms with Crippen LogP contribution in [0.4, 0.5) is 0 Å². The number of hydrogen-bond donors (Lipinski definition) is 0. The second-order valence-corrected chi connectivity index (χ2v) is 7.63. The van der Waals surface area contributed by atoms with Gasteiger partial charge in [0.15, 0.2) is 5.69 Å². The van der Waals surface area contributed by atoms with Crippen molar-refractivity contribution in [2.24, 2.45) is 0 Å². The van der Waals surface area contributed by atoms with E-state index in [0.717, 1.165) is 15.7 Å². The Morgan fingerprint density at radius 2 is 1.69 bits per heavy atom. The van der Waals surface area contributed by atoms with Crippen molar-refractivity contribution in [1.82, 2.24) is 9.78 Å². The van der Waals surface area contributed by atoms with E-state index in [0.29, 0.717) is 22.8 Å². The van der Waals surface area contributed by atoms with Gasteiger partial charge in [-0.15, -0.1) is 0 Å². The highest BCUT2D eigenvalue weighted by Crippen LogP contribution is 2.40. The first-order valence-electron chi connectivity index (χ1n) is 9.10. The summed E-state index contributed by atoms with van der Waals surface area (Å²) in [5.41, 5.74) is 3.52. The normalized spacial score (nSPS) is 10.9. The number of esters is 1. The Morgan fingerprint density at radius 1 is 1.03 bits per heavy atom. The van der Waals surface area contributed by atoms with Gasteiger partial charge < -0.3 is 14.2 Å². The molecule has 0 bridgehead atoms. The highest BCUT2D eigenvalue weighted by Gasteiger charge is 2.24. The molecule has 0 aliphatic carbocycles. The van der Waals surface area contributed by atoms with Gasteiger partial charge in [0.25, 0.3) is 0 Å². The molecule has 0 saturated heterocycles. The van der Waals surface area contributed by atoms with E-state index in [1.807, 2.05) is 30.3 Å². The monoisotopic (exact) mass is 458 g/mol. The van der Waals surface area contributed by atoms with Gasteiger partial charge in [-0.2, -0.15) is 5.10 Å². The van der Waals surface area contributed by atoms with E-state index in [-0.39, 0.29) is 11.6 Å². The molecule has 0 N–H and O–H groups in total. The maximum atomic E-state index is 12.3. The Balaban J connectivity index is 2.37. The first kappa shape index (κ1) is 20.9. The van der Waals surface area contributed by atoms with Gasteiger partial charge in [-0.05, 0) is 47.9 Å². The molecule has 7 heteroatoms. The molecule has 3 aromatic rings. The van der Waals surface area contributed by atoms with Crippen molar-refractivity contribution in [3.63, 3.8) is 0 Å². The predicted octanol–water partition coefficient (Wildman–Crippen LogP) is 5.23. The van der Waals surface area contributed by atoms with Gasteiger partial charge in [-0.25, -0.2) is 9.48 Å². The molecule has 1 heterocycles. The molecular weight excluding hydrogens is 436 g/mol. The number of methoxy groups -OCH3 is 3. The first-order valence-corrected chi connectivity index (χ1v) is 9.90. The number of benzene rings is 2. The second-order valence-electron chi connectivity index (χ2n) is 6.71. The summed E-state index contributed by atoms with van der Waals surface area (Å²) < 4.78 is 18.8. The van der Waals surface area contributed by atoms with Crippen LogP contribution in [0.25, 0.3) is 16.9 Å². The maximum Gasteiger partial charge on any atom is 0.358 e. The summed E-state index contributed by atoms with van der Waals surface area (Å²) in [4.78, 5) is 12.3. The third-order valence-electron chi connectivity index (χ3n) is 4.63. The number of halogens is 1. The van der Waals surface area contributed by atoms with Gasteiger partial charge in [0.2, 0.25) is 0 Å². The van der Waals surface area contributed by atoms with E-state index in [4.69, 9.17) is 14.2 Å². The summed E-state index contributed by atoms with van der Waals surface area (Å²) in [5.74, 6) is 0.956. The fourth-order valence-corrected chi connectivity index (χ4v) is 3.61. The number of aromatic nitrogens is 2. The molecule has 29 heavy (non-hydrogen) atoms. The lowest BCUT2D eigenvalue weighted by atomic mass is 10.0. The maximum absolute atomic E-state index is 12.3. The second kappa shape index (κ2) is 8.69. The average molecular weight is 459 g/mol. The summed E-state index contributed by atoms with van der Waals surface area (Å²) in [6.45, 7) is 4.22. The Labute approximate surface area is 178 Å². The molecule has 0 unspecified atom stereocenters. The molecule has 3 rings (SSSR count). The molecule has 0 spiro atoms. The summed E-state index contributed by atoms with van der Waals surface area (Å²) >= 11 is 3.54. The lowest BCUT2D eigenvalue weighted by Gasteiger charge is -2.18. The highest BCUT2D eigenvalue weighted by atomic mass is 79.9. The summed E-state index contributed by atoms with van der Waals surface area (Å²) in [6.07, 6.45) is 0. The molecule has 6 nitrogen and oxygen atoms in total. The van der Waals surface area contributed by atoms with Crippen LogP contribution >= 0.6 is 15.9 Å². The van der Waals surface area contributed by atoms with Crippen LogP contribution < -0.4 is 9.47 Å². The Kier molecular flexibility index (Phi) is 6.27. The van der Waals surface area contributed by atoms with E-state index in [1.165, 1.54) is 7.11 Å². The zero-order valence-electron chi connectivity index (χ0n) is 17.0. The number of carbonyl (C=O) groups is 1. The molecule has 2 aromatic carbocycles. The van der Waals surface area contributed by atoms with Crippen molar-refractivity contribution in [2.45, 2.75) is 19.8 Å². The van der Waals surface area contributed by atoms with Crippen LogP contribution in [0.2, 0.25) is 0 Å². The van der Waals surface area contributed by atoms with Crippen LogP contribution in [0.15, 0.2) is 46.9 Å². The van der Waals surface area contributed by atoms with Crippen molar-refractivity contribution < 1.29 is 19.0 Å². The summed E-state index contributed by atoms with van der Waals surface area (Å²) in [7, 11) is 4.53. The van der Waals surface area contributed by atoms with E-state index in [2.05, 4.69) is 40.9 Å². The molecule has 152 valence electrons. The van der Waals surface area contributed by atoms with Crippen LogP contribution in [-0.2, 0) is 4.74 Å². The molecule has 1 aromatic heterocycles. The average Bonchev–Trinajstić information content (AvgIpc) is 3.17. The molecule has 0 atom stereocenters. The Morgan fingerprint density at radius 3 is 2.24 bits per heavy atom. The zero-order chi connectivity index (χ0) is 21.1. The number of carbonyl (C=O) groups excluding carboxylic acids is 1. The summed E-state index contributed by atoms with van der Waals surface area (Å²) in [5, 5.41) is 4.57. The van der Waals surface area contributed by atoms with Gasteiger partial charge in [0.1, 0.15) is 11.5 Å². The largest absolute Gasteiger partial charge is 0.496 e. The third kappa shape index (κ3) is 4.00. The van der Waals surface area contributed by atoms with Gasteiger partial charge in [0, 0.05) is 4.47 Å². The van der Waals surface area contributed by atoms with Crippen LogP contribution in [0.1, 0.15) is 35.8 Å². The van der Waals surface area contributed by atoms with Crippen LogP contribution in [0.3, 0.4) is 0 Å². The molecule has 0 aliphatic heterocycles. The van der Waals surface area contributed by atoms with Crippen molar-refractivity contribution in [1.29, 1.82) is 0 Å². The number of hydrogen-bond acceptors (Lipinski definition) is 5. The molecule has 0 radical (unpaired) electrons. The van der Waals surface area contributed by atoms with Gasteiger partial charge >= 0.3 is 5.97 Å². The molecule has 0 fully saturated rings. The fraction of sp³-hybridized carbons (Fsp3) is 0.273. The summed E-state index contributed by atoms with van der Waals surface area (Å²) in [6, 6.07) is 13.2. The van der Waals surface area contributed by atoms with E-state index in [9.17, 15) is 4.79 Å². The fourth-order valence-electron chi connectivity index (χ4n) is 3.23.